The summed E-state index contributed by atoms with van der Waals surface area (Å²) in [5.74, 6) is -0.0227. The van der Waals surface area contributed by atoms with Crippen LogP contribution < -0.4 is 10.6 Å². The second-order valence-electron chi connectivity index (χ2n) is 6.34. The van der Waals surface area contributed by atoms with Gasteiger partial charge in [0, 0.05) is 6.04 Å². The maximum Gasteiger partial charge on any atom is 0.234 e. The van der Waals surface area contributed by atoms with Crippen LogP contribution in [0.2, 0.25) is 0 Å². The summed E-state index contributed by atoms with van der Waals surface area (Å²) >= 11 is 0. The highest BCUT2D eigenvalue weighted by molar-refractivity contribution is 5.79. The summed E-state index contributed by atoms with van der Waals surface area (Å²) in [6.45, 7) is 2.33. The Hall–Kier alpha value is -2.91. The van der Waals surface area contributed by atoms with Crippen LogP contribution >= 0.6 is 0 Å². The van der Waals surface area contributed by atoms with Gasteiger partial charge in [-0.25, -0.2) is 0 Å². The van der Waals surface area contributed by atoms with Gasteiger partial charge in [0.2, 0.25) is 5.91 Å². The van der Waals surface area contributed by atoms with E-state index in [4.69, 9.17) is 0 Å². The molecule has 3 aromatic carbocycles. The topological polar surface area (TPSA) is 41.1 Å². The van der Waals surface area contributed by atoms with E-state index in [1.165, 1.54) is 5.56 Å². The fraction of sp³-hybridized carbons (Fsp3) is 0.174. The van der Waals surface area contributed by atoms with Crippen LogP contribution in [0.3, 0.4) is 0 Å². The fourth-order valence-electron chi connectivity index (χ4n) is 2.97. The third-order valence-corrected chi connectivity index (χ3v) is 4.44. The molecule has 0 spiro atoms. The normalized spacial score (nSPS) is 11.9. The van der Waals surface area contributed by atoms with Gasteiger partial charge in [0.25, 0.3) is 0 Å². The van der Waals surface area contributed by atoms with Crippen LogP contribution in [0.1, 0.15) is 35.7 Å². The highest BCUT2D eigenvalue weighted by atomic mass is 16.2. The molecule has 3 rings (SSSR count). The fourth-order valence-corrected chi connectivity index (χ4v) is 2.97. The van der Waals surface area contributed by atoms with Crippen LogP contribution in [0.25, 0.3) is 0 Å². The Morgan fingerprint density at radius 3 is 1.62 bits per heavy atom. The molecule has 0 bridgehead atoms. The molecule has 1 amide bonds. The number of hydrogen-bond donors (Lipinski definition) is 2. The van der Waals surface area contributed by atoms with Gasteiger partial charge in [-0.15, -0.1) is 0 Å². The number of hydrogen-bond acceptors (Lipinski definition) is 2. The molecule has 132 valence electrons. The number of nitrogens with one attached hydrogen (secondary N) is 2. The molecule has 26 heavy (non-hydrogen) atoms. The van der Waals surface area contributed by atoms with E-state index < -0.39 is 0 Å². The first-order valence-corrected chi connectivity index (χ1v) is 8.91. The van der Waals surface area contributed by atoms with Gasteiger partial charge in [-0.3, -0.25) is 4.79 Å². The number of rotatable bonds is 7. The molecule has 0 aliphatic heterocycles. The molecule has 3 aromatic rings. The van der Waals surface area contributed by atoms with Crippen molar-refractivity contribution in [1.29, 1.82) is 0 Å². The summed E-state index contributed by atoms with van der Waals surface area (Å²) in [4.78, 5) is 12.6. The van der Waals surface area contributed by atoms with E-state index in [2.05, 4.69) is 29.7 Å². The third-order valence-electron chi connectivity index (χ3n) is 4.44. The molecule has 2 N–H and O–H groups in total. The molecule has 0 fully saturated rings. The van der Waals surface area contributed by atoms with Crippen LogP contribution in [0.5, 0.6) is 0 Å². The summed E-state index contributed by atoms with van der Waals surface area (Å²) in [7, 11) is 0. The largest absolute Gasteiger partial charge is 0.344 e. The van der Waals surface area contributed by atoms with Gasteiger partial charge in [-0.2, -0.15) is 0 Å². The molecular formula is C23H24N2O. The van der Waals surface area contributed by atoms with Crippen molar-refractivity contribution in [2.75, 3.05) is 6.54 Å². The van der Waals surface area contributed by atoms with Crippen LogP contribution in [0.4, 0.5) is 0 Å². The Bertz CT molecular complexity index is 764. The number of carbonyl (C=O) groups is 1. The molecule has 1 unspecified atom stereocenters. The number of amides is 1. The van der Waals surface area contributed by atoms with Gasteiger partial charge in [0.05, 0.1) is 12.6 Å². The van der Waals surface area contributed by atoms with Gasteiger partial charge in [0.15, 0.2) is 0 Å². The highest BCUT2D eigenvalue weighted by Crippen LogP contribution is 2.21. The van der Waals surface area contributed by atoms with E-state index in [0.717, 1.165) is 11.1 Å². The van der Waals surface area contributed by atoms with Crippen molar-refractivity contribution in [3.05, 3.63) is 108 Å². The van der Waals surface area contributed by atoms with E-state index in [1.54, 1.807) is 0 Å². The molecule has 1 atom stereocenters. The van der Waals surface area contributed by atoms with Crippen molar-refractivity contribution in [2.24, 2.45) is 0 Å². The summed E-state index contributed by atoms with van der Waals surface area (Å²) < 4.78 is 0. The summed E-state index contributed by atoms with van der Waals surface area (Å²) in [6, 6.07) is 30.2. The lowest BCUT2D eigenvalue weighted by atomic mass is 9.99. The van der Waals surface area contributed by atoms with Crippen LogP contribution in [-0.2, 0) is 4.79 Å². The van der Waals surface area contributed by atoms with Crippen molar-refractivity contribution in [3.63, 3.8) is 0 Å². The quantitative estimate of drug-likeness (QED) is 0.673. The first-order valence-electron chi connectivity index (χ1n) is 8.91. The average Bonchev–Trinajstić information content (AvgIpc) is 2.72. The SMILES string of the molecule is CC(NCC(=O)NC(c1ccccc1)c1ccccc1)c1ccccc1. The smallest absolute Gasteiger partial charge is 0.234 e. The minimum absolute atomic E-state index is 0.0227. The van der Waals surface area contributed by atoms with Crippen molar-refractivity contribution in [1.82, 2.24) is 10.6 Å². The molecule has 0 saturated carbocycles. The van der Waals surface area contributed by atoms with Crippen molar-refractivity contribution < 1.29 is 4.79 Å². The zero-order valence-corrected chi connectivity index (χ0v) is 14.9. The molecule has 0 aliphatic rings. The van der Waals surface area contributed by atoms with Gasteiger partial charge in [-0.05, 0) is 23.6 Å². The zero-order valence-electron chi connectivity index (χ0n) is 14.9. The summed E-state index contributed by atoms with van der Waals surface area (Å²) in [5.41, 5.74) is 3.31. The molecule has 0 radical (unpaired) electrons. The average molecular weight is 344 g/mol. The molecule has 0 saturated heterocycles. The van der Waals surface area contributed by atoms with Crippen molar-refractivity contribution in [3.8, 4) is 0 Å². The maximum atomic E-state index is 12.6. The Morgan fingerprint density at radius 2 is 1.15 bits per heavy atom. The maximum absolute atomic E-state index is 12.6. The van der Waals surface area contributed by atoms with E-state index in [0.29, 0.717) is 0 Å². The summed E-state index contributed by atoms with van der Waals surface area (Å²) in [5, 5.41) is 6.45. The third kappa shape index (κ3) is 4.80. The van der Waals surface area contributed by atoms with Gasteiger partial charge in [0.1, 0.15) is 0 Å². The van der Waals surface area contributed by atoms with E-state index in [-0.39, 0.29) is 24.5 Å². The first-order chi connectivity index (χ1) is 12.7. The van der Waals surface area contributed by atoms with Gasteiger partial charge >= 0.3 is 0 Å². The lowest BCUT2D eigenvalue weighted by molar-refractivity contribution is -0.120. The lowest BCUT2D eigenvalue weighted by Gasteiger charge is -2.21. The predicted octanol–water partition coefficient (Wildman–Crippen LogP) is 4.24. The van der Waals surface area contributed by atoms with E-state index in [1.807, 2.05) is 78.9 Å². The molecule has 3 nitrogen and oxygen atoms in total. The Kier molecular flexibility index (Phi) is 6.18. The second kappa shape index (κ2) is 8.97. The van der Waals surface area contributed by atoms with Crippen LogP contribution in [0.15, 0.2) is 91.0 Å². The van der Waals surface area contributed by atoms with E-state index >= 15 is 0 Å². The van der Waals surface area contributed by atoms with Crippen LogP contribution in [0, 0.1) is 0 Å². The molecule has 0 aromatic heterocycles. The Labute approximate surface area is 155 Å². The van der Waals surface area contributed by atoms with Crippen LogP contribution in [-0.4, -0.2) is 12.5 Å². The number of benzene rings is 3. The molecule has 0 heterocycles. The summed E-state index contributed by atoms with van der Waals surface area (Å²) in [6.07, 6.45) is 0. The monoisotopic (exact) mass is 344 g/mol. The van der Waals surface area contributed by atoms with Crippen molar-refractivity contribution in [2.45, 2.75) is 19.0 Å². The standard InChI is InChI=1S/C23H24N2O/c1-18(19-11-5-2-6-12-19)24-17-22(26)25-23(20-13-7-3-8-14-20)21-15-9-4-10-16-21/h2-16,18,23-24H,17H2,1H3,(H,25,26). The van der Waals surface area contributed by atoms with Gasteiger partial charge < -0.3 is 10.6 Å². The predicted molar refractivity (Wildman–Crippen MR) is 106 cm³/mol. The first kappa shape index (κ1) is 17.9. The van der Waals surface area contributed by atoms with Crippen molar-refractivity contribution >= 4 is 5.91 Å². The highest BCUT2D eigenvalue weighted by Gasteiger charge is 2.17. The minimum atomic E-state index is -0.154. The number of carbonyl (C=O) groups excluding carboxylic acids is 1. The second-order valence-corrected chi connectivity index (χ2v) is 6.34. The molecule has 0 aliphatic carbocycles. The lowest BCUT2D eigenvalue weighted by Crippen LogP contribution is -2.37. The molecular weight excluding hydrogens is 320 g/mol. The van der Waals surface area contributed by atoms with E-state index in [9.17, 15) is 4.79 Å². The Morgan fingerprint density at radius 1 is 0.731 bits per heavy atom. The zero-order chi connectivity index (χ0) is 18.2. The molecule has 3 heteroatoms. The van der Waals surface area contributed by atoms with Gasteiger partial charge in [-0.1, -0.05) is 91.0 Å². The Balaban J connectivity index is 1.66. The minimum Gasteiger partial charge on any atom is -0.344 e.